The van der Waals surface area contributed by atoms with Crippen LogP contribution in [0, 0.1) is 13.8 Å². The lowest BCUT2D eigenvalue weighted by Crippen LogP contribution is -2.43. The molecule has 0 N–H and O–H groups in total. The molecule has 3 nitrogen and oxygen atoms in total. The van der Waals surface area contributed by atoms with Gasteiger partial charge in [-0.1, -0.05) is 36.4 Å². The zero-order valence-electron chi connectivity index (χ0n) is 14.0. The minimum Gasteiger partial charge on any atom is -0.481 e. The minimum atomic E-state index is -0.472. The van der Waals surface area contributed by atoms with Crippen molar-refractivity contribution < 1.29 is 9.53 Å². The second-order valence-corrected chi connectivity index (χ2v) is 6.31. The van der Waals surface area contributed by atoms with E-state index in [0.717, 1.165) is 29.8 Å². The monoisotopic (exact) mass is 309 g/mol. The first-order chi connectivity index (χ1) is 11.0. The molecule has 0 aliphatic carbocycles. The summed E-state index contributed by atoms with van der Waals surface area (Å²) < 4.78 is 5.94. The normalized spacial score (nSPS) is 15.0. The van der Waals surface area contributed by atoms with E-state index in [1.165, 1.54) is 11.1 Å². The average Bonchev–Trinajstić information content (AvgIpc) is 2.57. The van der Waals surface area contributed by atoms with Crippen molar-refractivity contribution in [2.45, 2.75) is 39.8 Å². The molecule has 0 radical (unpaired) electrons. The fraction of sp³-hybridized carbons (Fsp3) is 0.350. The summed E-state index contributed by atoms with van der Waals surface area (Å²) in [5.41, 5.74) is 4.78. The van der Waals surface area contributed by atoms with Gasteiger partial charge in [0.05, 0.1) is 0 Å². The third kappa shape index (κ3) is 3.39. The molecule has 0 spiro atoms. The Bertz CT molecular complexity index is 723. The van der Waals surface area contributed by atoms with Crippen LogP contribution in [-0.4, -0.2) is 23.5 Å². The predicted molar refractivity (Wildman–Crippen MR) is 91.6 cm³/mol. The SMILES string of the molecule is Cc1ccc(C)c(OC(C)C(=O)N2CCc3ccccc3C2)c1. The standard InChI is InChI=1S/C20H23NO2/c1-14-8-9-15(2)19(12-14)23-16(3)20(22)21-11-10-17-6-4-5-7-18(17)13-21/h4-9,12,16H,10-11,13H2,1-3H3. The summed E-state index contributed by atoms with van der Waals surface area (Å²) in [6.07, 6.45) is 0.443. The Morgan fingerprint density at radius 3 is 2.65 bits per heavy atom. The molecule has 0 aromatic heterocycles. The van der Waals surface area contributed by atoms with Crippen LogP contribution in [0.5, 0.6) is 5.75 Å². The van der Waals surface area contributed by atoms with E-state index in [-0.39, 0.29) is 5.91 Å². The van der Waals surface area contributed by atoms with E-state index in [9.17, 15) is 4.79 Å². The summed E-state index contributed by atoms with van der Waals surface area (Å²) in [5, 5.41) is 0. The Morgan fingerprint density at radius 2 is 1.87 bits per heavy atom. The molecule has 120 valence electrons. The zero-order chi connectivity index (χ0) is 16.4. The highest BCUT2D eigenvalue weighted by Crippen LogP contribution is 2.23. The van der Waals surface area contributed by atoms with E-state index in [0.29, 0.717) is 6.54 Å². The Morgan fingerprint density at radius 1 is 1.13 bits per heavy atom. The lowest BCUT2D eigenvalue weighted by Gasteiger charge is -2.31. The van der Waals surface area contributed by atoms with Gasteiger partial charge >= 0.3 is 0 Å². The van der Waals surface area contributed by atoms with Gasteiger partial charge in [0.2, 0.25) is 0 Å². The Balaban J connectivity index is 1.70. The van der Waals surface area contributed by atoms with Crippen LogP contribution in [0.1, 0.15) is 29.2 Å². The van der Waals surface area contributed by atoms with E-state index >= 15 is 0 Å². The highest BCUT2D eigenvalue weighted by atomic mass is 16.5. The highest BCUT2D eigenvalue weighted by molar-refractivity contribution is 5.81. The van der Waals surface area contributed by atoms with Gasteiger partial charge in [-0.05, 0) is 55.5 Å². The number of carbonyl (C=O) groups excluding carboxylic acids is 1. The van der Waals surface area contributed by atoms with Crippen LogP contribution in [0.25, 0.3) is 0 Å². The Kier molecular flexibility index (Phi) is 4.37. The van der Waals surface area contributed by atoms with Crippen molar-refractivity contribution in [2.24, 2.45) is 0 Å². The molecule has 3 rings (SSSR count). The molecular weight excluding hydrogens is 286 g/mol. The number of ether oxygens (including phenoxy) is 1. The van der Waals surface area contributed by atoms with Gasteiger partial charge in [0.25, 0.3) is 5.91 Å². The lowest BCUT2D eigenvalue weighted by atomic mass is 9.99. The third-order valence-corrected chi connectivity index (χ3v) is 4.44. The first kappa shape index (κ1) is 15.6. The van der Waals surface area contributed by atoms with Crippen molar-refractivity contribution in [3.8, 4) is 5.75 Å². The molecule has 1 unspecified atom stereocenters. The molecule has 1 heterocycles. The minimum absolute atomic E-state index is 0.0559. The molecule has 2 aromatic carbocycles. The molecule has 0 fully saturated rings. The lowest BCUT2D eigenvalue weighted by molar-refractivity contribution is -0.138. The number of benzene rings is 2. The number of aryl methyl sites for hydroxylation is 2. The van der Waals surface area contributed by atoms with Gasteiger partial charge in [-0.25, -0.2) is 0 Å². The summed E-state index contributed by atoms with van der Waals surface area (Å²) >= 11 is 0. The number of hydrogen-bond acceptors (Lipinski definition) is 2. The maximum absolute atomic E-state index is 12.7. The van der Waals surface area contributed by atoms with E-state index in [2.05, 4.69) is 24.3 Å². The molecule has 0 saturated carbocycles. The van der Waals surface area contributed by atoms with Gasteiger partial charge in [0.1, 0.15) is 5.75 Å². The van der Waals surface area contributed by atoms with Gasteiger partial charge in [-0.15, -0.1) is 0 Å². The third-order valence-electron chi connectivity index (χ3n) is 4.44. The predicted octanol–water partition coefficient (Wildman–Crippen LogP) is 3.66. The number of amides is 1. The second-order valence-electron chi connectivity index (χ2n) is 6.31. The van der Waals surface area contributed by atoms with E-state index in [1.807, 2.05) is 43.9 Å². The number of rotatable bonds is 3. The van der Waals surface area contributed by atoms with Gasteiger partial charge in [0, 0.05) is 13.1 Å². The maximum atomic E-state index is 12.7. The van der Waals surface area contributed by atoms with E-state index in [1.54, 1.807) is 0 Å². The van der Waals surface area contributed by atoms with Crippen LogP contribution in [-0.2, 0) is 17.8 Å². The van der Waals surface area contributed by atoms with Gasteiger partial charge in [0.15, 0.2) is 6.10 Å². The first-order valence-electron chi connectivity index (χ1n) is 8.14. The van der Waals surface area contributed by atoms with Crippen LogP contribution < -0.4 is 4.74 Å². The van der Waals surface area contributed by atoms with Crippen molar-refractivity contribution in [1.29, 1.82) is 0 Å². The molecule has 1 atom stereocenters. The van der Waals surface area contributed by atoms with Gasteiger partial charge < -0.3 is 9.64 Å². The quantitative estimate of drug-likeness (QED) is 0.866. The summed E-state index contributed by atoms with van der Waals surface area (Å²) in [5.74, 6) is 0.851. The Hall–Kier alpha value is -2.29. The fourth-order valence-corrected chi connectivity index (χ4v) is 3.02. The van der Waals surface area contributed by atoms with Crippen molar-refractivity contribution in [2.75, 3.05) is 6.54 Å². The van der Waals surface area contributed by atoms with Crippen molar-refractivity contribution >= 4 is 5.91 Å². The average molecular weight is 309 g/mol. The molecule has 0 saturated heterocycles. The topological polar surface area (TPSA) is 29.5 Å². The smallest absolute Gasteiger partial charge is 0.263 e. The molecule has 1 aliphatic heterocycles. The summed E-state index contributed by atoms with van der Waals surface area (Å²) in [4.78, 5) is 14.6. The summed E-state index contributed by atoms with van der Waals surface area (Å²) in [7, 11) is 0. The van der Waals surface area contributed by atoms with Gasteiger partial charge in [-0.3, -0.25) is 4.79 Å². The van der Waals surface area contributed by atoms with Crippen LogP contribution in [0.15, 0.2) is 42.5 Å². The summed E-state index contributed by atoms with van der Waals surface area (Å²) in [6.45, 7) is 7.31. The van der Waals surface area contributed by atoms with Crippen LogP contribution >= 0.6 is 0 Å². The molecule has 2 aromatic rings. The number of nitrogens with zero attached hydrogens (tertiary/aromatic N) is 1. The fourth-order valence-electron chi connectivity index (χ4n) is 3.02. The highest BCUT2D eigenvalue weighted by Gasteiger charge is 2.25. The largest absolute Gasteiger partial charge is 0.481 e. The van der Waals surface area contributed by atoms with Crippen LogP contribution in [0.2, 0.25) is 0 Å². The maximum Gasteiger partial charge on any atom is 0.263 e. The Labute approximate surface area is 137 Å². The summed E-state index contributed by atoms with van der Waals surface area (Å²) in [6, 6.07) is 14.4. The zero-order valence-corrected chi connectivity index (χ0v) is 14.0. The molecule has 23 heavy (non-hydrogen) atoms. The molecule has 3 heteroatoms. The van der Waals surface area contributed by atoms with E-state index < -0.39 is 6.10 Å². The van der Waals surface area contributed by atoms with Crippen molar-refractivity contribution in [3.63, 3.8) is 0 Å². The van der Waals surface area contributed by atoms with Crippen LogP contribution in [0.3, 0.4) is 0 Å². The number of hydrogen-bond donors (Lipinski definition) is 0. The van der Waals surface area contributed by atoms with Crippen LogP contribution in [0.4, 0.5) is 0 Å². The van der Waals surface area contributed by atoms with E-state index in [4.69, 9.17) is 4.74 Å². The van der Waals surface area contributed by atoms with Gasteiger partial charge in [-0.2, -0.15) is 0 Å². The number of fused-ring (bicyclic) bond motifs is 1. The molecule has 1 amide bonds. The van der Waals surface area contributed by atoms with Crippen molar-refractivity contribution in [1.82, 2.24) is 4.90 Å². The molecule has 1 aliphatic rings. The molecular formula is C20H23NO2. The first-order valence-corrected chi connectivity index (χ1v) is 8.14. The second kappa shape index (κ2) is 6.45. The van der Waals surface area contributed by atoms with Crippen molar-refractivity contribution in [3.05, 3.63) is 64.7 Å². The number of carbonyl (C=O) groups is 1. The molecule has 0 bridgehead atoms.